The van der Waals surface area contributed by atoms with Crippen molar-refractivity contribution < 1.29 is 18.3 Å². The maximum absolute atomic E-state index is 2.64. The van der Waals surface area contributed by atoms with Crippen molar-refractivity contribution in [3.63, 3.8) is 0 Å². The molecule has 0 N–H and O–H groups in total. The molecular formula is C6H9I2Ru. The Hall–Kier alpha value is 1.56. The Morgan fingerprint density at radius 1 is 1.44 bits per heavy atom. The largest absolute Gasteiger partial charge is 0.107 e. The SMILES string of the molecule is CC1=[C]([Ru])CC=C1.I.I. The predicted molar refractivity (Wildman–Crippen MR) is 57.3 cm³/mol. The van der Waals surface area contributed by atoms with Crippen molar-refractivity contribution >= 4 is 48.0 Å². The second kappa shape index (κ2) is 6.28. The molecule has 0 unspecified atom stereocenters. The third-order valence-electron chi connectivity index (χ3n) is 1.08. The van der Waals surface area contributed by atoms with Crippen LogP contribution in [0.3, 0.4) is 0 Å². The van der Waals surface area contributed by atoms with Gasteiger partial charge in [0.15, 0.2) is 0 Å². The second-order valence-electron chi connectivity index (χ2n) is 1.68. The standard InChI is InChI=1S/C6H7.2HI.Ru/c1-6-4-2-3-5-6;;;/h2,4H,3H2,1H3;2*1H;. The maximum atomic E-state index is 2.64. The normalized spacial score (nSPS) is 14.9. The van der Waals surface area contributed by atoms with Crippen LogP contribution in [0.2, 0.25) is 0 Å². The number of hydrogen-bond donors (Lipinski definition) is 0. The van der Waals surface area contributed by atoms with E-state index in [0.717, 1.165) is 6.42 Å². The van der Waals surface area contributed by atoms with Crippen molar-refractivity contribution in [2.75, 3.05) is 0 Å². The fourth-order valence-corrected chi connectivity index (χ4v) is 0.935. The van der Waals surface area contributed by atoms with Crippen LogP contribution in [0.5, 0.6) is 0 Å². The van der Waals surface area contributed by atoms with Gasteiger partial charge in [-0.15, -0.1) is 48.0 Å². The van der Waals surface area contributed by atoms with Gasteiger partial charge in [0.1, 0.15) is 0 Å². The Morgan fingerprint density at radius 2 is 2.00 bits per heavy atom. The average Bonchev–Trinajstić information content (AvgIpc) is 1.91. The molecule has 0 saturated carbocycles. The molecule has 0 saturated heterocycles. The molecule has 0 spiro atoms. The third-order valence-corrected chi connectivity index (χ3v) is 2.12. The minimum atomic E-state index is 0. The first-order chi connectivity index (χ1) is 3.30. The summed E-state index contributed by atoms with van der Waals surface area (Å²) >= 11 is 2.64. The van der Waals surface area contributed by atoms with Crippen LogP contribution in [0.15, 0.2) is 21.9 Å². The Morgan fingerprint density at radius 3 is 2.11 bits per heavy atom. The zero-order valence-corrected chi connectivity index (χ0v) is 11.4. The second-order valence-corrected chi connectivity index (χ2v) is 2.73. The molecule has 0 aliphatic heterocycles. The third kappa shape index (κ3) is 4.09. The quantitative estimate of drug-likeness (QED) is 0.405. The Balaban J connectivity index is 0. The molecule has 1 rings (SSSR count). The molecule has 0 bridgehead atoms. The van der Waals surface area contributed by atoms with E-state index >= 15 is 0 Å². The molecule has 1 aliphatic carbocycles. The summed E-state index contributed by atoms with van der Waals surface area (Å²) < 4.78 is 1.44. The molecule has 0 nitrogen and oxygen atoms in total. The van der Waals surface area contributed by atoms with Gasteiger partial charge in [-0.1, -0.05) is 0 Å². The molecule has 0 aromatic carbocycles. The zero-order valence-electron chi connectivity index (χ0n) is 5.03. The zero-order chi connectivity index (χ0) is 5.28. The molecular weight excluding hydrogens is 427 g/mol. The van der Waals surface area contributed by atoms with Crippen LogP contribution in [-0.4, -0.2) is 0 Å². The Labute approximate surface area is 100 Å². The van der Waals surface area contributed by atoms with Gasteiger partial charge >= 0.3 is 53.5 Å². The molecule has 0 aromatic heterocycles. The summed E-state index contributed by atoms with van der Waals surface area (Å²) in [6, 6.07) is 0. The summed E-state index contributed by atoms with van der Waals surface area (Å²) in [4.78, 5) is 0. The van der Waals surface area contributed by atoms with Gasteiger partial charge < -0.3 is 0 Å². The molecule has 0 amide bonds. The van der Waals surface area contributed by atoms with Gasteiger partial charge in [-0.05, 0) is 0 Å². The van der Waals surface area contributed by atoms with Gasteiger partial charge in [0.05, 0.1) is 0 Å². The number of rotatable bonds is 0. The van der Waals surface area contributed by atoms with E-state index in [1.54, 1.807) is 0 Å². The van der Waals surface area contributed by atoms with Crippen molar-refractivity contribution in [3.05, 3.63) is 21.9 Å². The van der Waals surface area contributed by atoms with E-state index in [9.17, 15) is 0 Å². The number of allylic oxidation sites excluding steroid dienone is 4. The number of halogens is 2. The van der Waals surface area contributed by atoms with Crippen molar-refractivity contribution in [2.45, 2.75) is 13.3 Å². The molecule has 0 aromatic rings. The smallest absolute Gasteiger partial charge is 0.107 e. The summed E-state index contributed by atoms with van der Waals surface area (Å²) in [5.41, 5.74) is 1.41. The monoisotopic (exact) mass is 437 g/mol. The minimum Gasteiger partial charge on any atom is -0.107 e. The van der Waals surface area contributed by atoms with Gasteiger partial charge in [0.25, 0.3) is 0 Å². The van der Waals surface area contributed by atoms with Gasteiger partial charge in [0.2, 0.25) is 0 Å². The summed E-state index contributed by atoms with van der Waals surface area (Å²) in [5.74, 6) is 0. The molecule has 0 fully saturated rings. The van der Waals surface area contributed by atoms with Crippen LogP contribution in [0, 0.1) is 0 Å². The molecule has 55 valence electrons. The van der Waals surface area contributed by atoms with E-state index in [0.29, 0.717) is 0 Å². The van der Waals surface area contributed by atoms with Gasteiger partial charge in [-0.3, -0.25) is 0 Å². The van der Waals surface area contributed by atoms with Crippen molar-refractivity contribution in [2.24, 2.45) is 0 Å². The molecule has 0 radical (unpaired) electrons. The molecule has 9 heavy (non-hydrogen) atoms. The maximum Gasteiger partial charge on any atom is -0.107 e. The van der Waals surface area contributed by atoms with Gasteiger partial charge in [-0.25, -0.2) is 0 Å². The predicted octanol–water partition coefficient (Wildman–Crippen LogP) is 3.00. The topological polar surface area (TPSA) is 0 Å². The molecule has 1 aliphatic rings. The minimum absolute atomic E-state index is 0. The van der Waals surface area contributed by atoms with E-state index in [4.69, 9.17) is 0 Å². The number of hydrogen-bond acceptors (Lipinski definition) is 0. The summed E-state index contributed by atoms with van der Waals surface area (Å²) in [5, 5.41) is 0. The van der Waals surface area contributed by atoms with Crippen LogP contribution >= 0.6 is 48.0 Å². The Bertz CT molecular complexity index is 138. The van der Waals surface area contributed by atoms with E-state index in [2.05, 4.69) is 37.4 Å². The summed E-state index contributed by atoms with van der Waals surface area (Å²) in [7, 11) is 0. The van der Waals surface area contributed by atoms with Crippen molar-refractivity contribution in [1.82, 2.24) is 0 Å². The van der Waals surface area contributed by atoms with Gasteiger partial charge in [0, 0.05) is 0 Å². The van der Waals surface area contributed by atoms with Crippen LogP contribution in [-0.2, 0) is 18.3 Å². The Kier molecular flexibility index (Phi) is 9.20. The van der Waals surface area contributed by atoms with Crippen LogP contribution in [0.4, 0.5) is 0 Å². The molecule has 3 heteroatoms. The molecule has 0 heterocycles. The molecule has 0 atom stereocenters. The van der Waals surface area contributed by atoms with Crippen LogP contribution in [0.1, 0.15) is 13.3 Å². The first-order valence-corrected chi connectivity index (χ1v) is 3.18. The van der Waals surface area contributed by atoms with E-state index in [1.165, 1.54) is 9.74 Å². The first-order valence-electron chi connectivity index (χ1n) is 2.31. The van der Waals surface area contributed by atoms with Crippen LogP contribution in [0.25, 0.3) is 0 Å². The summed E-state index contributed by atoms with van der Waals surface area (Å²) in [6.07, 6.45) is 5.48. The average molecular weight is 436 g/mol. The van der Waals surface area contributed by atoms with E-state index in [1.807, 2.05) is 0 Å². The van der Waals surface area contributed by atoms with Gasteiger partial charge in [-0.2, -0.15) is 0 Å². The first kappa shape index (κ1) is 13.2. The van der Waals surface area contributed by atoms with Crippen LogP contribution < -0.4 is 0 Å². The fourth-order valence-electron chi connectivity index (χ4n) is 0.586. The van der Waals surface area contributed by atoms with Crippen molar-refractivity contribution in [3.8, 4) is 0 Å². The van der Waals surface area contributed by atoms with E-state index < -0.39 is 0 Å². The van der Waals surface area contributed by atoms with Crippen molar-refractivity contribution in [1.29, 1.82) is 0 Å². The summed E-state index contributed by atoms with van der Waals surface area (Å²) in [6.45, 7) is 2.13. The van der Waals surface area contributed by atoms with E-state index in [-0.39, 0.29) is 48.0 Å². The fraction of sp³-hybridized carbons (Fsp3) is 0.333.